The van der Waals surface area contributed by atoms with Crippen molar-refractivity contribution in [2.75, 3.05) is 13.7 Å². The second-order valence-electron chi connectivity index (χ2n) is 5.26. The monoisotopic (exact) mass is 272 g/mol. The molecule has 0 radical (unpaired) electrons. The van der Waals surface area contributed by atoms with Crippen molar-refractivity contribution in [3.8, 4) is 11.3 Å². The highest BCUT2D eigenvalue weighted by Crippen LogP contribution is 2.48. The van der Waals surface area contributed by atoms with Crippen molar-refractivity contribution in [3.63, 3.8) is 0 Å². The maximum absolute atomic E-state index is 10.8. The van der Waals surface area contributed by atoms with E-state index < -0.39 is 5.97 Å². The minimum atomic E-state index is -1.00. The van der Waals surface area contributed by atoms with E-state index in [-0.39, 0.29) is 11.1 Å². The van der Waals surface area contributed by atoms with Crippen LogP contribution in [0.1, 0.15) is 28.9 Å². The molecule has 0 saturated heterocycles. The van der Waals surface area contributed by atoms with Gasteiger partial charge in [0.1, 0.15) is 5.69 Å². The van der Waals surface area contributed by atoms with Gasteiger partial charge in [-0.2, -0.15) is 5.10 Å². The summed E-state index contributed by atoms with van der Waals surface area (Å²) >= 11 is 0. The minimum absolute atomic E-state index is 0.0992. The lowest BCUT2D eigenvalue weighted by Crippen LogP contribution is -2.13. The second kappa shape index (κ2) is 4.76. The van der Waals surface area contributed by atoms with Gasteiger partial charge in [0.05, 0.1) is 12.3 Å². The third-order valence-electron chi connectivity index (χ3n) is 3.88. The molecule has 104 valence electrons. The van der Waals surface area contributed by atoms with Gasteiger partial charge in [-0.05, 0) is 24.5 Å². The first-order valence-corrected chi connectivity index (χ1v) is 6.53. The Morgan fingerprint density at radius 2 is 2.10 bits per heavy atom. The van der Waals surface area contributed by atoms with E-state index >= 15 is 0 Å². The van der Waals surface area contributed by atoms with Gasteiger partial charge in [0, 0.05) is 18.1 Å². The molecule has 1 aromatic carbocycles. The Morgan fingerprint density at radius 3 is 2.60 bits per heavy atom. The highest BCUT2D eigenvalue weighted by Gasteiger charge is 2.44. The van der Waals surface area contributed by atoms with Gasteiger partial charge in [-0.3, -0.25) is 5.10 Å². The van der Waals surface area contributed by atoms with E-state index in [1.165, 1.54) is 5.56 Å². The average Bonchev–Trinajstić information content (AvgIpc) is 3.05. The molecule has 5 heteroatoms. The van der Waals surface area contributed by atoms with Gasteiger partial charge in [0.2, 0.25) is 0 Å². The maximum Gasteiger partial charge on any atom is 0.353 e. The average molecular weight is 272 g/mol. The van der Waals surface area contributed by atoms with Crippen LogP contribution in [-0.4, -0.2) is 35.0 Å². The zero-order chi connectivity index (χ0) is 14.2. The predicted molar refractivity (Wildman–Crippen MR) is 73.8 cm³/mol. The van der Waals surface area contributed by atoms with Gasteiger partial charge in [-0.1, -0.05) is 24.3 Å². The Morgan fingerprint density at radius 1 is 1.40 bits per heavy atom. The number of benzene rings is 1. The van der Waals surface area contributed by atoms with Crippen molar-refractivity contribution in [2.24, 2.45) is 0 Å². The highest BCUT2D eigenvalue weighted by atomic mass is 16.5. The molecule has 0 amide bonds. The van der Waals surface area contributed by atoms with Gasteiger partial charge in [0.15, 0.2) is 0 Å². The summed E-state index contributed by atoms with van der Waals surface area (Å²) < 4.78 is 5.29. The molecule has 5 nitrogen and oxygen atoms in total. The Balaban J connectivity index is 1.84. The van der Waals surface area contributed by atoms with Crippen LogP contribution in [0.25, 0.3) is 11.3 Å². The lowest BCUT2D eigenvalue weighted by atomic mass is 9.95. The number of nitrogens with zero attached hydrogens (tertiary/aromatic N) is 1. The molecule has 1 aliphatic rings. The molecular formula is C15H16N2O3. The standard InChI is InChI=1S/C15H16N2O3/c1-20-9-15(6-7-15)11-4-2-10(3-5-11)12-8-13(14(18)19)17-16-12/h2-5,8H,6-7,9H2,1H3,(H,16,17)(H,18,19). The zero-order valence-corrected chi connectivity index (χ0v) is 11.2. The number of aromatic carboxylic acids is 1. The molecule has 0 unspecified atom stereocenters. The third kappa shape index (κ3) is 2.20. The van der Waals surface area contributed by atoms with Crippen molar-refractivity contribution in [1.82, 2.24) is 10.2 Å². The lowest BCUT2D eigenvalue weighted by molar-refractivity contribution is 0.0690. The van der Waals surface area contributed by atoms with E-state index in [0.717, 1.165) is 25.0 Å². The van der Waals surface area contributed by atoms with Gasteiger partial charge in [0.25, 0.3) is 0 Å². The molecule has 1 fully saturated rings. The summed E-state index contributed by atoms with van der Waals surface area (Å²) in [6, 6.07) is 9.66. The van der Waals surface area contributed by atoms with E-state index in [2.05, 4.69) is 22.3 Å². The van der Waals surface area contributed by atoms with E-state index in [1.54, 1.807) is 13.2 Å². The molecule has 0 atom stereocenters. The van der Waals surface area contributed by atoms with Crippen LogP contribution in [-0.2, 0) is 10.2 Å². The van der Waals surface area contributed by atoms with Crippen LogP contribution in [0.4, 0.5) is 0 Å². The number of hydrogen-bond donors (Lipinski definition) is 2. The summed E-state index contributed by atoms with van der Waals surface area (Å²) in [6.07, 6.45) is 2.32. The molecule has 3 rings (SSSR count). The fourth-order valence-corrected chi connectivity index (χ4v) is 2.52. The van der Waals surface area contributed by atoms with E-state index in [0.29, 0.717) is 5.69 Å². The van der Waals surface area contributed by atoms with Crippen LogP contribution >= 0.6 is 0 Å². The molecule has 0 spiro atoms. The molecule has 1 saturated carbocycles. The van der Waals surface area contributed by atoms with Crippen LogP contribution in [0.15, 0.2) is 30.3 Å². The number of aromatic nitrogens is 2. The van der Waals surface area contributed by atoms with Gasteiger partial charge in [-0.15, -0.1) is 0 Å². The summed E-state index contributed by atoms with van der Waals surface area (Å²) in [6.45, 7) is 0.748. The Kier molecular flexibility index (Phi) is 3.06. The number of carbonyl (C=O) groups is 1. The van der Waals surface area contributed by atoms with Crippen LogP contribution in [0.3, 0.4) is 0 Å². The van der Waals surface area contributed by atoms with E-state index in [4.69, 9.17) is 9.84 Å². The quantitative estimate of drug-likeness (QED) is 0.876. The molecule has 1 aliphatic carbocycles. The van der Waals surface area contributed by atoms with Gasteiger partial charge >= 0.3 is 5.97 Å². The molecule has 1 heterocycles. The van der Waals surface area contributed by atoms with E-state index in [9.17, 15) is 4.79 Å². The van der Waals surface area contributed by atoms with Crippen molar-refractivity contribution in [1.29, 1.82) is 0 Å². The number of hydrogen-bond acceptors (Lipinski definition) is 3. The first-order chi connectivity index (χ1) is 9.64. The normalized spacial score (nSPS) is 16.1. The topological polar surface area (TPSA) is 75.2 Å². The van der Waals surface area contributed by atoms with Crippen molar-refractivity contribution >= 4 is 5.97 Å². The van der Waals surface area contributed by atoms with Crippen LogP contribution in [0.5, 0.6) is 0 Å². The molecule has 2 N–H and O–H groups in total. The minimum Gasteiger partial charge on any atom is -0.477 e. The van der Waals surface area contributed by atoms with Gasteiger partial charge in [-0.25, -0.2) is 4.79 Å². The van der Waals surface area contributed by atoms with Crippen LogP contribution < -0.4 is 0 Å². The van der Waals surface area contributed by atoms with Gasteiger partial charge < -0.3 is 9.84 Å². The number of aromatic amines is 1. The molecule has 1 aromatic heterocycles. The number of rotatable bonds is 5. The summed E-state index contributed by atoms with van der Waals surface area (Å²) in [7, 11) is 1.73. The van der Waals surface area contributed by atoms with Crippen LogP contribution in [0, 0.1) is 0 Å². The van der Waals surface area contributed by atoms with E-state index in [1.807, 2.05) is 12.1 Å². The van der Waals surface area contributed by atoms with Crippen molar-refractivity contribution in [3.05, 3.63) is 41.6 Å². The van der Waals surface area contributed by atoms with Crippen LogP contribution in [0.2, 0.25) is 0 Å². The SMILES string of the molecule is COCC1(c2ccc(-c3cc(C(=O)O)[nH]n3)cc2)CC1. The summed E-state index contributed by atoms with van der Waals surface area (Å²) in [5.41, 5.74) is 3.11. The third-order valence-corrected chi connectivity index (χ3v) is 3.88. The summed E-state index contributed by atoms with van der Waals surface area (Å²) in [5, 5.41) is 15.4. The first-order valence-electron chi connectivity index (χ1n) is 6.53. The van der Waals surface area contributed by atoms with Crippen molar-refractivity contribution < 1.29 is 14.6 Å². The molecule has 0 aliphatic heterocycles. The number of carboxylic acid groups (broad SMARTS) is 1. The number of methoxy groups -OCH3 is 1. The number of H-pyrrole nitrogens is 1. The lowest BCUT2D eigenvalue weighted by Gasteiger charge is -2.14. The molecule has 2 aromatic rings. The smallest absolute Gasteiger partial charge is 0.353 e. The summed E-state index contributed by atoms with van der Waals surface area (Å²) in [4.78, 5) is 10.8. The number of ether oxygens (including phenoxy) is 1. The number of nitrogens with one attached hydrogen (secondary N) is 1. The molecule has 0 bridgehead atoms. The Bertz CT molecular complexity index is 627. The largest absolute Gasteiger partial charge is 0.477 e. The Hall–Kier alpha value is -2.14. The molecule has 20 heavy (non-hydrogen) atoms. The second-order valence-corrected chi connectivity index (χ2v) is 5.26. The predicted octanol–water partition coefficient (Wildman–Crippen LogP) is 2.45. The number of carboxylic acids is 1. The maximum atomic E-state index is 10.8. The summed E-state index contributed by atoms with van der Waals surface area (Å²) in [5.74, 6) is -1.00. The fraction of sp³-hybridized carbons (Fsp3) is 0.333. The van der Waals surface area contributed by atoms with Crippen molar-refractivity contribution in [2.45, 2.75) is 18.3 Å². The Labute approximate surface area is 116 Å². The molecular weight excluding hydrogens is 256 g/mol. The highest BCUT2D eigenvalue weighted by molar-refractivity contribution is 5.86. The first kappa shape index (κ1) is 12.9. The zero-order valence-electron chi connectivity index (χ0n) is 11.2. The fourth-order valence-electron chi connectivity index (χ4n) is 2.52.